The molecule has 0 N–H and O–H groups in total. The second-order valence-electron chi connectivity index (χ2n) is 6.28. The summed E-state index contributed by atoms with van der Waals surface area (Å²) in [6, 6.07) is 9.10. The van der Waals surface area contributed by atoms with Gasteiger partial charge in [0.2, 0.25) is 0 Å². The van der Waals surface area contributed by atoms with Crippen LogP contribution < -0.4 is 4.74 Å². The first kappa shape index (κ1) is 19.1. The van der Waals surface area contributed by atoms with Crippen molar-refractivity contribution >= 4 is 0 Å². The molecule has 27 heavy (non-hydrogen) atoms. The Morgan fingerprint density at radius 2 is 1.93 bits per heavy atom. The van der Waals surface area contributed by atoms with E-state index < -0.39 is 11.7 Å². The molecule has 0 aliphatic heterocycles. The molecular formula is C20H20F3NO3. The smallest absolute Gasteiger partial charge is 0.419 e. The lowest BCUT2D eigenvalue weighted by Gasteiger charge is -2.15. The summed E-state index contributed by atoms with van der Waals surface area (Å²) < 4.78 is 55.8. The third kappa shape index (κ3) is 5.15. The highest BCUT2D eigenvalue weighted by atomic mass is 19.4. The van der Waals surface area contributed by atoms with Crippen molar-refractivity contribution in [1.29, 1.82) is 0 Å². The summed E-state index contributed by atoms with van der Waals surface area (Å²) >= 11 is 0. The Morgan fingerprint density at radius 3 is 2.59 bits per heavy atom. The Labute approximate surface area is 154 Å². The maximum Gasteiger partial charge on any atom is 0.419 e. The van der Waals surface area contributed by atoms with Crippen LogP contribution in [0.15, 0.2) is 51.6 Å². The van der Waals surface area contributed by atoms with Gasteiger partial charge in [0.25, 0.3) is 0 Å². The molecule has 0 spiro atoms. The molecule has 0 aliphatic carbocycles. The van der Waals surface area contributed by atoms with Crippen LogP contribution >= 0.6 is 0 Å². The van der Waals surface area contributed by atoms with Gasteiger partial charge in [-0.3, -0.25) is 0 Å². The predicted molar refractivity (Wildman–Crippen MR) is 93.4 cm³/mol. The van der Waals surface area contributed by atoms with Crippen LogP contribution in [0.1, 0.15) is 36.3 Å². The van der Waals surface area contributed by atoms with Crippen LogP contribution in [0.25, 0.3) is 11.3 Å². The van der Waals surface area contributed by atoms with Crippen molar-refractivity contribution in [3.8, 4) is 17.1 Å². The Kier molecular flexibility index (Phi) is 5.88. The van der Waals surface area contributed by atoms with Crippen molar-refractivity contribution in [2.24, 2.45) is 0 Å². The first-order chi connectivity index (χ1) is 12.9. The van der Waals surface area contributed by atoms with Gasteiger partial charge in [0.1, 0.15) is 17.3 Å². The predicted octanol–water partition coefficient (Wildman–Crippen LogP) is 6.05. The molecular weight excluding hydrogens is 359 g/mol. The van der Waals surface area contributed by atoms with E-state index in [1.165, 1.54) is 12.3 Å². The summed E-state index contributed by atoms with van der Waals surface area (Å²) in [6.45, 7) is 2.08. The molecule has 2 heterocycles. The van der Waals surface area contributed by atoms with Crippen molar-refractivity contribution in [2.75, 3.05) is 6.61 Å². The molecule has 3 rings (SSSR count). The fourth-order valence-electron chi connectivity index (χ4n) is 2.77. The molecule has 0 fully saturated rings. The molecule has 0 unspecified atom stereocenters. The number of alkyl halides is 3. The van der Waals surface area contributed by atoms with Crippen LogP contribution in [0.5, 0.6) is 5.75 Å². The number of hydrogen-bond donors (Lipinski definition) is 0. The lowest BCUT2D eigenvalue weighted by Crippen LogP contribution is -2.09. The van der Waals surface area contributed by atoms with Crippen molar-refractivity contribution in [3.05, 3.63) is 59.7 Å². The summed E-state index contributed by atoms with van der Waals surface area (Å²) in [4.78, 5) is 0. The molecule has 0 atom stereocenters. The van der Waals surface area contributed by atoms with Crippen molar-refractivity contribution in [2.45, 2.75) is 38.8 Å². The van der Waals surface area contributed by atoms with E-state index in [4.69, 9.17) is 13.7 Å². The number of halogens is 3. The first-order valence-corrected chi connectivity index (χ1v) is 8.73. The van der Waals surface area contributed by atoms with E-state index in [1.807, 2.05) is 13.0 Å². The molecule has 7 heteroatoms. The summed E-state index contributed by atoms with van der Waals surface area (Å²) in [5.74, 6) is 1.04. The molecule has 0 saturated carbocycles. The van der Waals surface area contributed by atoms with Crippen LogP contribution in [-0.2, 0) is 12.6 Å². The number of nitrogens with zero attached hydrogens (tertiary/aromatic N) is 1. The van der Waals surface area contributed by atoms with Crippen LogP contribution in [0, 0.1) is 6.92 Å². The average molecular weight is 379 g/mol. The number of benzene rings is 1. The van der Waals surface area contributed by atoms with Crippen LogP contribution in [0.3, 0.4) is 0 Å². The van der Waals surface area contributed by atoms with E-state index >= 15 is 0 Å². The topological polar surface area (TPSA) is 48.4 Å². The lowest BCUT2D eigenvalue weighted by atomic mass is 10.1. The molecule has 0 aliphatic rings. The Hall–Kier alpha value is -2.70. The zero-order chi connectivity index (χ0) is 19.3. The van der Waals surface area contributed by atoms with Gasteiger partial charge in [-0.25, -0.2) is 0 Å². The Balaban J connectivity index is 1.54. The molecule has 4 nitrogen and oxygen atoms in total. The number of aromatic nitrogens is 1. The highest BCUT2D eigenvalue weighted by Crippen LogP contribution is 2.39. The molecule has 0 amide bonds. The maximum atomic E-state index is 13.4. The van der Waals surface area contributed by atoms with Gasteiger partial charge >= 0.3 is 6.18 Å². The van der Waals surface area contributed by atoms with E-state index in [0.717, 1.165) is 36.8 Å². The van der Waals surface area contributed by atoms with Gasteiger partial charge in [0, 0.05) is 18.1 Å². The second-order valence-corrected chi connectivity index (χ2v) is 6.28. The largest absolute Gasteiger partial charge is 0.493 e. The summed E-state index contributed by atoms with van der Waals surface area (Å²) in [5, 5.41) is 3.82. The third-order valence-corrected chi connectivity index (χ3v) is 4.09. The quantitative estimate of drug-likeness (QED) is 0.447. The van der Waals surface area contributed by atoms with Gasteiger partial charge < -0.3 is 13.7 Å². The molecule has 0 saturated heterocycles. The van der Waals surface area contributed by atoms with Gasteiger partial charge in [-0.05, 0) is 56.5 Å². The highest BCUT2D eigenvalue weighted by molar-refractivity contribution is 5.61. The zero-order valence-electron chi connectivity index (χ0n) is 14.9. The number of hydrogen-bond acceptors (Lipinski definition) is 4. The normalized spacial score (nSPS) is 11.7. The highest BCUT2D eigenvalue weighted by Gasteiger charge is 2.35. The minimum atomic E-state index is -4.50. The maximum absolute atomic E-state index is 13.4. The fraction of sp³-hybridized carbons (Fsp3) is 0.350. The SMILES string of the molecule is Cc1cc(CCCCCOc2ccc(-c3ccco3)cc2C(F)(F)F)on1. The number of aryl methyl sites for hydroxylation is 2. The summed E-state index contributed by atoms with van der Waals surface area (Å²) in [6.07, 6.45) is 0.0269. The van der Waals surface area contributed by atoms with E-state index in [9.17, 15) is 13.2 Å². The Bertz CT molecular complexity index is 854. The summed E-state index contributed by atoms with van der Waals surface area (Å²) in [5.41, 5.74) is 0.404. The number of ether oxygens (including phenoxy) is 1. The third-order valence-electron chi connectivity index (χ3n) is 4.09. The average Bonchev–Trinajstić information content (AvgIpc) is 3.29. The van der Waals surface area contributed by atoms with Crippen LogP contribution in [0.2, 0.25) is 0 Å². The Morgan fingerprint density at radius 1 is 1.07 bits per heavy atom. The molecule has 1 aromatic carbocycles. The number of rotatable bonds is 8. The second kappa shape index (κ2) is 8.33. The van der Waals surface area contributed by atoms with Gasteiger partial charge in [0.15, 0.2) is 0 Å². The molecule has 0 radical (unpaired) electrons. The van der Waals surface area contributed by atoms with E-state index in [2.05, 4.69) is 5.16 Å². The minimum Gasteiger partial charge on any atom is -0.493 e. The summed E-state index contributed by atoms with van der Waals surface area (Å²) in [7, 11) is 0. The van der Waals surface area contributed by atoms with E-state index in [-0.39, 0.29) is 12.4 Å². The van der Waals surface area contributed by atoms with Crippen molar-refractivity contribution < 1.29 is 26.8 Å². The van der Waals surface area contributed by atoms with Crippen LogP contribution in [-0.4, -0.2) is 11.8 Å². The first-order valence-electron chi connectivity index (χ1n) is 8.73. The van der Waals surface area contributed by atoms with E-state index in [0.29, 0.717) is 17.7 Å². The molecule has 2 aromatic heterocycles. The van der Waals surface area contributed by atoms with Gasteiger partial charge in [0.05, 0.1) is 24.1 Å². The molecule has 3 aromatic rings. The van der Waals surface area contributed by atoms with Crippen LogP contribution in [0.4, 0.5) is 13.2 Å². The van der Waals surface area contributed by atoms with E-state index in [1.54, 1.807) is 18.2 Å². The lowest BCUT2D eigenvalue weighted by molar-refractivity contribution is -0.138. The standard InChI is InChI=1S/C20H20F3NO3/c1-14-12-16(27-24-14)6-3-2-4-10-26-19-9-8-15(18-7-5-11-25-18)13-17(19)20(21,22)23/h5,7-9,11-13H,2-4,6,10H2,1H3. The molecule has 144 valence electrons. The minimum absolute atomic E-state index is 0.163. The fourth-order valence-corrected chi connectivity index (χ4v) is 2.77. The van der Waals surface area contributed by atoms with Crippen molar-refractivity contribution in [1.82, 2.24) is 5.16 Å². The van der Waals surface area contributed by atoms with Gasteiger partial charge in [-0.1, -0.05) is 5.16 Å². The number of furan rings is 1. The van der Waals surface area contributed by atoms with Gasteiger partial charge in [-0.2, -0.15) is 13.2 Å². The molecule has 0 bridgehead atoms. The van der Waals surface area contributed by atoms with Gasteiger partial charge in [-0.15, -0.1) is 0 Å². The monoisotopic (exact) mass is 379 g/mol. The zero-order valence-corrected chi connectivity index (χ0v) is 14.9. The number of unbranched alkanes of at least 4 members (excludes halogenated alkanes) is 2. The van der Waals surface area contributed by atoms with Crippen molar-refractivity contribution in [3.63, 3.8) is 0 Å².